The number of benzene rings is 3. The molecule has 4 rings (SSSR count). The van der Waals surface area contributed by atoms with Gasteiger partial charge in [-0.05, 0) is 23.3 Å². The summed E-state index contributed by atoms with van der Waals surface area (Å²) in [4.78, 5) is 12.3. The van der Waals surface area contributed by atoms with Crippen molar-refractivity contribution in [3.8, 4) is 5.75 Å². The highest BCUT2D eigenvalue weighted by Crippen LogP contribution is 2.38. The molecular formula is C25H19FO4. The summed E-state index contributed by atoms with van der Waals surface area (Å²) in [6.07, 6.45) is 1.79. The average Bonchev–Trinajstić information content (AvgIpc) is 3.05. The van der Waals surface area contributed by atoms with Gasteiger partial charge in [-0.25, -0.2) is 9.18 Å². The maximum Gasteiger partial charge on any atom is 0.341 e. The first-order valence-electron chi connectivity index (χ1n) is 9.45. The van der Waals surface area contributed by atoms with Gasteiger partial charge < -0.3 is 14.6 Å². The fourth-order valence-corrected chi connectivity index (χ4v) is 3.24. The van der Waals surface area contributed by atoms with E-state index in [1.807, 2.05) is 60.7 Å². The van der Waals surface area contributed by atoms with Gasteiger partial charge in [-0.2, -0.15) is 0 Å². The molecule has 0 radical (unpaired) electrons. The molecule has 3 aromatic carbocycles. The van der Waals surface area contributed by atoms with Crippen LogP contribution in [0.1, 0.15) is 16.7 Å². The normalized spacial score (nSPS) is 16.2. The van der Waals surface area contributed by atoms with E-state index < -0.39 is 18.1 Å². The zero-order valence-electron chi connectivity index (χ0n) is 16.0. The predicted octanol–water partition coefficient (Wildman–Crippen LogP) is 4.75. The lowest BCUT2D eigenvalue weighted by Crippen LogP contribution is -2.10. The van der Waals surface area contributed by atoms with Gasteiger partial charge in [0, 0.05) is 11.1 Å². The molecule has 1 unspecified atom stereocenters. The molecule has 0 aromatic heterocycles. The van der Waals surface area contributed by atoms with Gasteiger partial charge in [0.25, 0.3) is 0 Å². The summed E-state index contributed by atoms with van der Waals surface area (Å²) in [5.74, 6) is -1.31. The second-order valence-corrected chi connectivity index (χ2v) is 6.72. The molecular weight excluding hydrogens is 383 g/mol. The summed E-state index contributed by atoms with van der Waals surface area (Å²) in [7, 11) is 0. The van der Waals surface area contributed by atoms with Crippen molar-refractivity contribution >= 4 is 17.6 Å². The predicted molar refractivity (Wildman–Crippen MR) is 112 cm³/mol. The molecule has 3 aromatic rings. The first-order chi connectivity index (χ1) is 14.6. The topological polar surface area (TPSA) is 55.8 Å². The lowest BCUT2D eigenvalue weighted by Gasteiger charge is -2.15. The summed E-state index contributed by atoms with van der Waals surface area (Å²) in [5, 5.41) is 10.4. The smallest absolute Gasteiger partial charge is 0.341 e. The zero-order valence-corrected chi connectivity index (χ0v) is 16.0. The van der Waals surface area contributed by atoms with E-state index in [0.29, 0.717) is 0 Å². The van der Waals surface area contributed by atoms with Crippen LogP contribution in [-0.2, 0) is 16.1 Å². The molecule has 0 bridgehead atoms. The van der Waals surface area contributed by atoms with E-state index in [1.54, 1.807) is 18.2 Å². The molecule has 1 heterocycles. The van der Waals surface area contributed by atoms with Crippen LogP contribution in [0.15, 0.2) is 90.5 Å². The van der Waals surface area contributed by atoms with Crippen molar-refractivity contribution in [1.82, 2.24) is 0 Å². The molecule has 1 atom stereocenters. The Balaban J connectivity index is 1.73. The highest BCUT2D eigenvalue weighted by atomic mass is 19.1. The zero-order chi connectivity index (χ0) is 20.9. The van der Waals surface area contributed by atoms with Crippen LogP contribution in [0.3, 0.4) is 0 Å². The van der Waals surface area contributed by atoms with E-state index in [2.05, 4.69) is 0 Å². The minimum Gasteiger partial charge on any atom is -0.485 e. The number of cyclic esters (lactones) is 1. The largest absolute Gasteiger partial charge is 0.485 e. The second-order valence-electron chi connectivity index (χ2n) is 6.72. The molecule has 0 fully saturated rings. The van der Waals surface area contributed by atoms with Crippen LogP contribution < -0.4 is 4.74 Å². The Bertz CT molecular complexity index is 1100. The van der Waals surface area contributed by atoms with Crippen molar-refractivity contribution in [1.29, 1.82) is 0 Å². The fourth-order valence-electron chi connectivity index (χ4n) is 3.24. The lowest BCUT2D eigenvalue weighted by atomic mass is 9.99. The molecule has 1 N–H and O–H groups in total. The maximum absolute atomic E-state index is 14.6. The number of aliphatic hydroxyl groups excluding tert-OH is 1. The number of rotatable bonds is 6. The third kappa shape index (κ3) is 4.16. The van der Waals surface area contributed by atoms with Crippen LogP contribution in [0, 0.1) is 5.82 Å². The Labute approximate surface area is 173 Å². The summed E-state index contributed by atoms with van der Waals surface area (Å²) in [6.45, 7) is 0.141. The van der Waals surface area contributed by atoms with Crippen molar-refractivity contribution in [3.63, 3.8) is 0 Å². The van der Waals surface area contributed by atoms with Gasteiger partial charge in [-0.15, -0.1) is 0 Å². The van der Waals surface area contributed by atoms with Crippen molar-refractivity contribution in [3.05, 3.63) is 113 Å². The summed E-state index contributed by atoms with van der Waals surface area (Å²) in [5.41, 5.74) is 2.34. The first-order valence-corrected chi connectivity index (χ1v) is 9.45. The number of halogens is 1. The van der Waals surface area contributed by atoms with Gasteiger partial charge in [-0.3, -0.25) is 0 Å². The number of aliphatic hydroxyl groups is 1. The minimum atomic E-state index is -1.51. The Morgan fingerprint density at radius 2 is 1.63 bits per heavy atom. The van der Waals surface area contributed by atoms with Crippen LogP contribution in [0.2, 0.25) is 0 Å². The number of hydrogen-bond acceptors (Lipinski definition) is 4. The number of carbonyl (C=O) groups is 1. The van der Waals surface area contributed by atoms with E-state index >= 15 is 0 Å². The van der Waals surface area contributed by atoms with E-state index in [1.165, 1.54) is 12.1 Å². The lowest BCUT2D eigenvalue weighted by molar-refractivity contribution is -0.150. The third-order valence-corrected chi connectivity index (χ3v) is 4.70. The molecule has 0 aliphatic carbocycles. The van der Waals surface area contributed by atoms with Crippen LogP contribution in [0.4, 0.5) is 4.39 Å². The van der Waals surface area contributed by atoms with Gasteiger partial charge >= 0.3 is 5.97 Å². The quantitative estimate of drug-likeness (QED) is 0.605. The SMILES string of the molecule is O=C1OC(O)C(c2cccc(F)c2OCc2ccccc2)=C1/C=C/c1ccccc1. The number of carbonyl (C=O) groups excluding carboxylic acids is 1. The Morgan fingerprint density at radius 3 is 2.37 bits per heavy atom. The van der Waals surface area contributed by atoms with E-state index in [0.717, 1.165) is 11.1 Å². The first kappa shape index (κ1) is 19.6. The molecule has 0 saturated carbocycles. The Kier molecular flexibility index (Phi) is 5.72. The number of para-hydroxylation sites is 1. The van der Waals surface area contributed by atoms with E-state index in [4.69, 9.17) is 9.47 Å². The van der Waals surface area contributed by atoms with Crippen LogP contribution in [0.5, 0.6) is 5.75 Å². The summed E-state index contributed by atoms with van der Waals surface area (Å²) in [6, 6.07) is 23.1. The van der Waals surface area contributed by atoms with Gasteiger partial charge in [0.15, 0.2) is 11.6 Å². The van der Waals surface area contributed by atoms with Crippen molar-refractivity contribution in [2.45, 2.75) is 12.9 Å². The molecule has 150 valence electrons. The molecule has 0 saturated heterocycles. The summed E-state index contributed by atoms with van der Waals surface area (Å²) < 4.78 is 25.4. The molecule has 0 spiro atoms. The number of ether oxygens (including phenoxy) is 2. The summed E-state index contributed by atoms with van der Waals surface area (Å²) >= 11 is 0. The fraction of sp³-hybridized carbons (Fsp3) is 0.0800. The van der Waals surface area contributed by atoms with Crippen LogP contribution in [0.25, 0.3) is 11.6 Å². The average molecular weight is 402 g/mol. The molecule has 0 amide bonds. The van der Waals surface area contributed by atoms with E-state index in [9.17, 15) is 14.3 Å². The van der Waals surface area contributed by atoms with Gasteiger partial charge in [0.1, 0.15) is 6.61 Å². The second kappa shape index (κ2) is 8.76. The molecule has 1 aliphatic rings. The Morgan fingerprint density at radius 1 is 0.933 bits per heavy atom. The highest BCUT2D eigenvalue weighted by Gasteiger charge is 2.34. The van der Waals surface area contributed by atoms with Crippen LogP contribution in [-0.4, -0.2) is 17.4 Å². The van der Waals surface area contributed by atoms with Crippen LogP contribution >= 0.6 is 0 Å². The molecule has 1 aliphatic heterocycles. The number of hydrogen-bond donors (Lipinski definition) is 1. The van der Waals surface area contributed by atoms with Crippen molar-refractivity contribution < 1.29 is 23.8 Å². The third-order valence-electron chi connectivity index (χ3n) is 4.70. The Hall–Kier alpha value is -3.70. The van der Waals surface area contributed by atoms with E-state index in [-0.39, 0.29) is 29.1 Å². The molecule has 4 nitrogen and oxygen atoms in total. The minimum absolute atomic E-state index is 0.0423. The molecule has 5 heteroatoms. The highest BCUT2D eigenvalue weighted by molar-refractivity contribution is 6.06. The van der Waals surface area contributed by atoms with Gasteiger partial charge in [0.2, 0.25) is 6.29 Å². The van der Waals surface area contributed by atoms with Crippen molar-refractivity contribution in [2.75, 3.05) is 0 Å². The molecule has 30 heavy (non-hydrogen) atoms. The standard InChI is InChI=1S/C25H19FO4/c26-21-13-7-12-19(23(21)29-16-18-10-5-2-6-11-18)22-20(24(27)30-25(22)28)15-14-17-8-3-1-4-9-17/h1-15,25,28H,16H2/b15-14+. The van der Waals surface area contributed by atoms with Gasteiger partial charge in [-0.1, -0.05) is 78.9 Å². The number of esters is 1. The maximum atomic E-state index is 14.6. The van der Waals surface area contributed by atoms with Gasteiger partial charge in [0.05, 0.1) is 5.57 Å². The monoisotopic (exact) mass is 402 g/mol. The van der Waals surface area contributed by atoms with Crippen molar-refractivity contribution in [2.24, 2.45) is 0 Å².